The zero-order valence-corrected chi connectivity index (χ0v) is 11.2. The van der Waals surface area contributed by atoms with Crippen molar-refractivity contribution in [3.63, 3.8) is 0 Å². The van der Waals surface area contributed by atoms with Crippen molar-refractivity contribution in [2.24, 2.45) is 0 Å². The Labute approximate surface area is 112 Å². The molecule has 0 unspecified atom stereocenters. The first-order chi connectivity index (χ1) is 7.75. The standard InChI is InChI=1S/C11H9ClIN3/c12-10-3-9(13)1-2-11(10)16-6-8-4-14-7-15-5-8/h1-5,7,16H,6H2. The van der Waals surface area contributed by atoms with Crippen LogP contribution in [0, 0.1) is 3.57 Å². The van der Waals surface area contributed by atoms with E-state index in [1.165, 1.54) is 6.33 Å². The molecule has 0 saturated heterocycles. The molecule has 82 valence electrons. The molecule has 1 aromatic heterocycles. The Bertz CT molecular complexity index is 476. The maximum Gasteiger partial charge on any atom is 0.115 e. The van der Waals surface area contributed by atoms with Gasteiger partial charge in [-0.15, -0.1) is 0 Å². The monoisotopic (exact) mass is 345 g/mol. The number of anilines is 1. The molecule has 0 fully saturated rings. The molecule has 2 rings (SSSR count). The van der Waals surface area contributed by atoms with E-state index in [1.807, 2.05) is 18.2 Å². The van der Waals surface area contributed by atoms with Crippen molar-refractivity contribution in [3.8, 4) is 0 Å². The van der Waals surface area contributed by atoms with E-state index in [1.54, 1.807) is 12.4 Å². The third-order valence-corrected chi connectivity index (χ3v) is 3.01. The molecular weight excluding hydrogens is 336 g/mol. The Hall–Kier alpha value is -0.880. The number of nitrogens with one attached hydrogen (secondary N) is 1. The Morgan fingerprint density at radius 2 is 2.00 bits per heavy atom. The summed E-state index contributed by atoms with van der Waals surface area (Å²) in [6.45, 7) is 0.668. The van der Waals surface area contributed by atoms with Crippen molar-refractivity contribution in [1.29, 1.82) is 0 Å². The highest BCUT2D eigenvalue weighted by Crippen LogP contribution is 2.24. The lowest BCUT2D eigenvalue weighted by Crippen LogP contribution is -2.00. The molecule has 5 heteroatoms. The normalized spacial score (nSPS) is 10.1. The van der Waals surface area contributed by atoms with Gasteiger partial charge in [0.1, 0.15) is 6.33 Å². The van der Waals surface area contributed by atoms with E-state index in [0.29, 0.717) is 6.54 Å². The Morgan fingerprint density at radius 3 is 2.69 bits per heavy atom. The summed E-state index contributed by atoms with van der Waals surface area (Å²) in [5, 5.41) is 3.97. The minimum absolute atomic E-state index is 0.668. The van der Waals surface area contributed by atoms with E-state index in [4.69, 9.17) is 11.6 Å². The second kappa shape index (κ2) is 5.45. The van der Waals surface area contributed by atoms with Crippen LogP contribution in [0.3, 0.4) is 0 Å². The Balaban J connectivity index is 2.05. The van der Waals surface area contributed by atoms with Gasteiger partial charge in [0.15, 0.2) is 0 Å². The van der Waals surface area contributed by atoms with Gasteiger partial charge in [-0.25, -0.2) is 9.97 Å². The van der Waals surface area contributed by atoms with Crippen LogP contribution in [-0.4, -0.2) is 9.97 Å². The van der Waals surface area contributed by atoms with E-state index in [0.717, 1.165) is 19.8 Å². The summed E-state index contributed by atoms with van der Waals surface area (Å²) >= 11 is 8.33. The second-order valence-electron chi connectivity index (χ2n) is 3.22. The van der Waals surface area contributed by atoms with Crippen LogP contribution in [-0.2, 0) is 6.54 Å². The molecule has 0 aliphatic rings. The number of rotatable bonds is 3. The van der Waals surface area contributed by atoms with Crippen molar-refractivity contribution in [3.05, 3.63) is 51.1 Å². The zero-order valence-electron chi connectivity index (χ0n) is 8.32. The van der Waals surface area contributed by atoms with E-state index in [2.05, 4.69) is 37.9 Å². The summed E-state index contributed by atoms with van der Waals surface area (Å²) in [5.41, 5.74) is 1.95. The van der Waals surface area contributed by atoms with Gasteiger partial charge in [-0.05, 0) is 40.8 Å². The number of hydrogen-bond donors (Lipinski definition) is 1. The fraction of sp³-hybridized carbons (Fsp3) is 0.0909. The van der Waals surface area contributed by atoms with Crippen LogP contribution >= 0.6 is 34.2 Å². The van der Waals surface area contributed by atoms with Crippen LogP contribution in [0.5, 0.6) is 0 Å². The summed E-state index contributed by atoms with van der Waals surface area (Å²) in [4.78, 5) is 7.90. The van der Waals surface area contributed by atoms with Gasteiger partial charge in [-0.1, -0.05) is 11.6 Å². The molecule has 16 heavy (non-hydrogen) atoms. The molecule has 0 saturated carbocycles. The zero-order chi connectivity index (χ0) is 11.4. The van der Waals surface area contributed by atoms with Crippen LogP contribution in [0.1, 0.15) is 5.56 Å². The highest BCUT2D eigenvalue weighted by molar-refractivity contribution is 14.1. The summed E-state index contributed by atoms with van der Waals surface area (Å²) in [6.07, 6.45) is 5.07. The molecular formula is C11H9ClIN3. The average Bonchev–Trinajstić information content (AvgIpc) is 2.29. The number of benzene rings is 1. The van der Waals surface area contributed by atoms with E-state index < -0.39 is 0 Å². The smallest absolute Gasteiger partial charge is 0.115 e. The minimum atomic E-state index is 0.668. The molecule has 3 nitrogen and oxygen atoms in total. The van der Waals surface area contributed by atoms with Crippen molar-refractivity contribution in [2.45, 2.75) is 6.54 Å². The van der Waals surface area contributed by atoms with Gasteiger partial charge in [0, 0.05) is 28.1 Å². The molecule has 1 aromatic carbocycles. The lowest BCUT2D eigenvalue weighted by atomic mass is 10.3. The van der Waals surface area contributed by atoms with E-state index in [-0.39, 0.29) is 0 Å². The first-order valence-electron chi connectivity index (χ1n) is 4.68. The SMILES string of the molecule is Clc1cc(I)ccc1NCc1cncnc1. The van der Waals surface area contributed by atoms with Gasteiger partial charge in [-0.2, -0.15) is 0 Å². The van der Waals surface area contributed by atoms with Crippen molar-refractivity contribution >= 4 is 39.9 Å². The summed E-state index contributed by atoms with van der Waals surface area (Å²) in [7, 11) is 0. The highest BCUT2D eigenvalue weighted by Gasteiger charge is 2.00. The predicted molar refractivity (Wildman–Crippen MR) is 73.5 cm³/mol. The largest absolute Gasteiger partial charge is 0.380 e. The molecule has 0 amide bonds. The molecule has 1 N–H and O–H groups in total. The van der Waals surface area contributed by atoms with Crippen LogP contribution < -0.4 is 5.32 Å². The fourth-order valence-electron chi connectivity index (χ4n) is 1.25. The molecule has 0 atom stereocenters. The third kappa shape index (κ3) is 3.05. The maximum absolute atomic E-state index is 6.10. The number of halogens is 2. The minimum Gasteiger partial charge on any atom is -0.380 e. The first kappa shape index (κ1) is 11.6. The van der Waals surface area contributed by atoms with Crippen molar-refractivity contribution in [1.82, 2.24) is 9.97 Å². The van der Waals surface area contributed by atoms with Crippen molar-refractivity contribution in [2.75, 3.05) is 5.32 Å². The Kier molecular flexibility index (Phi) is 3.95. The van der Waals surface area contributed by atoms with Crippen molar-refractivity contribution < 1.29 is 0 Å². The number of nitrogens with zero attached hydrogens (tertiary/aromatic N) is 2. The molecule has 2 aromatic rings. The first-order valence-corrected chi connectivity index (χ1v) is 6.14. The van der Waals surface area contributed by atoms with Gasteiger partial charge in [0.25, 0.3) is 0 Å². The van der Waals surface area contributed by atoms with Gasteiger partial charge < -0.3 is 5.32 Å². The van der Waals surface area contributed by atoms with Crippen LogP contribution in [0.15, 0.2) is 36.9 Å². The molecule has 0 spiro atoms. The predicted octanol–water partition coefficient (Wildman–Crippen LogP) is 3.35. The highest BCUT2D eigenvalue weighted by atomic mass is 127. The van der Waals surface area contributed by atoms with Crippen LogP contribution in [0.2, 0.25) is 5.02 Å². The van der Waals surface area contributed by atoms with E-state index >= 15 is 0 Å². The molecule has 0 bridgehead atoms. The molecule has 0 aliphatic heterocycles. The average molecular weight is 346 g/mol. The fourth-order valence-corrected chi connectivity index (χ4v) is 2.17. The number of aromatic nitrogens is 2. The molecule has 0 aliphatic carbocycles. The summed E-state index contributed by atoms with van der Waals surface area (Å²) < 4.78 is 1.12. The summed E-state index contributed by atoms with van der Waals surface area (Å²) in [5.74, 6) is 0. The van der Waals surface area contributed by atoms with Gasteiger partial charge >= 0.3 is 0 Å². The second-order valence-corrected chi connectivity index (χ2v) is 4.88. The quantitative estimate of drug-likeness (QED) is 0.867. The molecule has 1 heterocycles. The van der Waals surface area contributed by atoms with Gasteiger partial charge in [0.2, 0.25) is 0 Å². The maximum atomic E-state index is 6.10. The lowest BCUT2D eigenvalue weighted by Gasteiger charge is -2.08. The number of hydrogen-bond acceptors (Lipinski definition) is 3. The van der Waals surface area contributed by atoms with Crippen LogP contribution in [0.25, 0.3) is 0 Å². The summed E-state index contributed by atoms with van der Waals surface area (Å²) in [6, 6.07) is 5.90. The topological polar surface area (TPSA) is 37.8 Å². The Morgan fingerprint density at radius 1 is 1.25 bits per heavy atom. The van der Waals surface area contributed by atoms with E-state index in [9.17, 15) is 0 Å². The van der Waals surface area contributed by atoms with Crippen LogP contribution in [0.4, 0.5) is 5.69 Å². The van der Waals surface area contributed by atoms with Gasteiger partial charge in [-0.3, -0.25) is 0 Å². The van der Waals surface area contributed by atoms with Gasteiger partial charge in [0.05, 0.1) is 10.7 Å². The lowest BCUT2D eigenvalue weighted by molar-refractivity contribution is 1.05. The molecule has 0 radical (unpaired) electrons. The third-order valence-electron chi connectivity index (χ3n) is 2.03.